The van der Waals surface area contributed by atoms with Crippen molar-refractivity contribution in [2.24, 2.45) is 11.8 Å². The van der Waals surface area contributed by atoms with Crippen LogP contribution in [0.3, 0.4) is 0 Å². The number of fused-ring (bicyclic) bond motifs is 1. The highest BCUT2D eigenvalue weighted by Crippen LogP contribution is 2.37. The molecule has 5 nitrogen and oxygen atoms in total. The molecule has 1 aliphatic rings. The molecule has 1 fully saturated rings. The lowest BCUT2D eigenvalue weighted by molar-refractivity contribution is 0.0697. The maximum atomic E-state index is 11.0. The van der Waals surface area contributed by atoms with E-state index in [2.05, 4.69) is 24.2 Å². The molecule has 2 aromatic rings. The summed E-state index contributed by atoms with van der Waals surface area (Å²) in [6, 6.07) is 5.41. The molecule has 0 aliphatic heterocycles. The topological polar surface area (TPSA) is 68.0 Å². The third kappa shape index (κ3) is 2.17. The van der Waals surface area contributed by atoms with Crippen LogP contribution in [0.4, 0.5) is 0 Å². The molecule has 20 heavy (non-hydrogen) atoms. The van der Waals surface area contributed by atoms with Crippen molar-refractivity contribution in [1.29, 1.82) is 0 Å². The lowest BCUT2D eigenvalue weighted by Gasteiger charge is -2.32. The zero-order valence-corrected chi connectivity index (χ0v) is 11.8. The molecule has 1 N–H and O–H groups in total. The number of hydrogen-bond acceptors (Lipinski definition) is 3. The molecule has 0 radical (unpaired) electrons. The first-order valence-corrected chi connectivity index (χ1v) is 7.14. The number of carboxylic acid groups (broad SMARTS) is 1. The Morgan fingerprint density at radius 3 is 2.85 bits per heavy atom. The Balaban J connectivity index is 1.98. The molecular weight excluding hydrogens is 254 g/mol. The van der Waals surface area contributed by atoms with Gasteiger partial charge in [-0.15, -0.1) is 5.10 Å². The van der Waals surface area contributed by atoms with Crippen molar-refractivity contribution in [3.05, 3.63) is 23.8 Å². The molecule has 1 saturated carbocycles. The molecule has 0 saturated heterocycles. The summed E-state index contributed by atoms with van der Waals surface area (Å²) in [5.74, 6) is 0.416. The number of carbonyl (C=O) groups is 1. The van der Waals surface area contributed by atoms with Crippen molar-refractivity contribution in [3.63, 3.8) is 0 Å². The third-order valence-electron chi connectivity index (χ3n) is 4.42. The Morgan fingerprint density at radius 1 is 1.35 bits per heavy atom. The van der Waals surface area contributed by atoms with Gasteiger partial charge in [-0.05, 0) is 49.3 Å². The fourth-order valence-corrected chi connectivity index (χ4v) is 3.33. The van der Waals surface area contributed by atoms with Crippen LogP contribution in [0.1, 0.15) is 49.5 Å². The zero-order chi connectivity index (χ0) is 14.3. The van der Waals surface area contributed by atoms with Crippen LogP contribution in [0.15, 0.2) is 18.2 Å². The summed E-state index contributed by atoms with van der Waals surface area (Å²) >= 11 is 0. The van der Waals surface area contributed by atoms with E-state index >= 15 is 0 Å². The molecule has 0 bridgehead atoms. The minimum absolute atomic E-state index is 0.259. The first-order chi connectivity index (χ1) is 9.56. The van der Waals surface area contributed by atoms with Crippen LogP contribution < -0.4 is 0 Å². The second-order valence-electron chi connectivity index (χ2n) is 6.01. The first kappa shape index (κ1) is 13.1. The molecule has 3 atom stereocenters. The minimum Gasteiger partial charge on any atom is -0.478 e. The average Bonchev–Trinajstić information content (AvgIpc) is 2.81. The number of rotatable bonds is 2. The zero-order valence-electron chi connectivity index (χ0n) is 11.8. The Labute approximate surface area is 117 Å². The van der Waals surface area contributed by atoms with Crippen molar-refractivity contribution in [1.82, 2.24) is 15.0 Å². The average molecular weight is 273 g/mol. The van der Waals surface area contributed by atoms with E-state index in [1.165, 1.54) is 12.8 Å². The van der Waals surface area contributed by atoms with Gasteiger partial charge in [-0.25, -0.2) is 9.48 Å². The molecule has 0 spiro atoms. The number of hydrogen-bond donors (Lipinski definition) is 1. The Bertz CT molecular complexity index is 650. The van der Waals surface area contributed by atoms with Gasteiger partial charge >= 0.3 is 5.97 Å². The van der Waals surface area contributed by atoms with Gasteiger partial charge in [0.25, 0.3) is 0 Å². The molecule has 5 heteroatoms. The molecule has 1 aliphatic carbocycles. The highest BCUT2D eigenvalue weighted by atomic mass is 16.4. The van der Waals surface area contributed by atoms with Crippen LogP contribution in [-0.2, 0) is 0 Å². The van der Waals surface area contributed by atoms with Gasteiger partial charge in [0, 0.05) is 0 Å². The van der Waals surface area contributed by atoms with Gasteiger partial charge in [-0.3, -0.25) is 0 Å². The van der Waals surface area contributed by atoms with E-state index in [1.807, 2.05) is 10.7 Å². The predicted octanol–water partition coefficient (Wildman–Crippen LogP) is 3.13. The molecule has 3 unspecified atom stereocenters. The van der Waals surface area contributed by atoms with Gasteiger partial charge in [0.2, 0.25) is 0 Å². The number of carboxylic acids is 1. The summed E-state index contributed by atoms with van der Waals surface area (Å²) in [5, 5.41) is 17.4. The van der Waals surface area contributed by atoms with Crippen molar-refractivity contribution in [2.75, 3.05) is 0 Å². The molecule has 1 aromatic carbocycles. The summed E-state index contributed by atoms with van der Waals surface area (Å²) in [6.07, 6.45) is 3.53. The summed E-state index contributed by atoms with van der Waals surface area (Å²) in [5.41, 5.74) is 1.85. The fourth-order valence-electron chi connectivity index (χ4n) is 3.33. The van der Waals surface area contributed by atoms with Crippen molar-refractivity contribution in [2.45, 2.75) is 39.2 Å². The van der Waals surface area contributed by atoms with Crippen LogP contribution in [0.2, 0.25) is 0 Å². The largest absolute Gasteiger partial charge is 0.478 e. The second-order valence-corrected chi connectivity index (χ2v) is 6.01. The first-order valence-electron chi connectivity index (χ1n) is 7.14. The summed E-state index contributed by atoms with van der Waals surface area (Å²) < 4.78 is 1.98. The smallest absolute Gasteiger partial charge is 0.335 e. The van der Waals surface area contributed by atoms with E-state index in [9.17, 15) is 4.79 Å². The van der Waals surface area contributed by atoms with E-state index in [1.54, 1.807) is 12.1 Å². The quantitative estimate of drug-likeness (QED) is 0.912. The van der Waals surface area contributed by atoms with Gasteiger partial charge in [0.1, 0.15) is 5.52 Å². The van der Waals surface area contributed by atoms with Gasteiger partial charge in [0.05, 0.1) is 17.1 Å². The van der Waals surface area contributed by atoms with Crippen molar-refractivity contribution < 1.29 is 9.90 Å². The van der Waals surface area contributed by atoms with E-state index < -0.39 is 5.97 Å². The van der Waals surface area contributed by atoms with Gasteiger partial charge < -0.3 is 5.11 Å². The van der Waals surface area contributed by atoms with E-state index in [-0.39, 0.29) is 5.56 Å². The van der Waals surface area contributed by atoms with Crippen molar-refractivity contribution >= 4 is 17.0 Å². The number of benzene rings is 1. The lowest BCUT2D eigenvalue weighted by atomic mass is 9.80. The highest BCUT2D eigenvalue weighted by molar-refractivity contribution is 5.92. The predicted molar refractivity (Wildman–Crippen MR) is 75.7 cm³/mol. The third-order valence-corrected chi connectivity index (χ3v) is 4.42. The van der Waals surface area contributed by atoms with Gasteiger partial charge in [0.15, 0.2) is 0 Å². The Kier molecular flexibility index (Phi) is 3.20. The van der Waals surface area contributed by atoms with Gasteiger partial charge in [-0.2, -0.15) is 0 Å². The summed E-state index contributed by atoms with van der Waals surface area (Å²) in [7, 11) is 0. The van der Waals surface area contributed by atoms with Gasteiger partial charge in [-0.1, -0.05) is 19.1 Å². The SMILES string of the molecule is CC1CCC(n2nnc3cc(C(=O)O)ccc32)C(C)C1. The minimum atomic E-state index is -0.929. The van der Waals surface area contributed by atoms with Crippen LogP contribution in [0.5, 0.6) is 0 Å². The van der Waals surface area contributed by atoms with Crippen LogP contribution in [0, 0.1) is 11.8 Å². The molecular formula is C15H19N3O2. The molecule has 1 aromatic heterocycles. The van der Waals surface area contributed by atoms with Crippen LogP contribution in [0.25, 0.3) is 11.0 Å². The molecule has 3 rings (SSSR count). The number of aromatic carboxylic acids is 1. The molecule has 106 valence electrons. The normalized spacial score (nSPS) is 26.8. The van der Waals surface area contributed by atoms with Crippen LogP contribution >= 0.6 is 0 Å². The maximum Gasteiger partial charge on any atom is 0.335 e. The summed E-state index contributed by atoms with van der Waals surface area (Å²) in [6.45, 7) is 4.56. The van der Waals surface area contributed by atoms with Crippen LogP contribution in [-0.4, -0.2) is 26.1 Å². The number of nitrogens with zero attached hydrogens (tertiary/aromatic N) is 3. The van der Waals surface area contributed by atoms with E-state index in [0.717, 1.165) is 17.9 Å². The fraction of sp³-hybridized carbons (Fsp3) is 0.533. The molecule has 0 amide bonds. The van der Waals surface area contributed by atoms with E-state index in [0.29, 0.717) is 17.5 Å². The Hall–Kier alpha value is -1.91. The number of aromatic nitrogens is 3. The molecule has 1 heterocycles. The second kappa shape index (κ2) is 4.89. The lowest BCUT2D eigenvalue weighted by Crippen LogP contribution is -2.25. The highest BCUT2D eigenvalue weighted by Gasteiger charge is 2.28. The standard InChI is InChI=1S/C15H19N3O2/c1-9-3-5-13(10(2)7-9)18-14-6-4-11(15(19)20)8-12(14)16-17-18/h4,6,8-10,13H,3,5,7H2,1-2H3,(H,19,20). The Morgan fingerprint density at radius 2 is 2.15 bits per heavy atom. The monoisotopic (exact) mass is 273 g/mol. The summed E-state index contributed by atoms with van der Waals surface area (Å²) in [4.78, 5) is 11.0. The maximum absolute atomic E-state index is 11.0. The van der Waals surface area contributed by atoms with E-state index in [4.69, 9.17) is 5.11 Å². The van der Waals surface area contributed by atoms with Crippen molar-refractivity contribution in [3.8, 4) is 0 Å².